The molecule has 0 bridgehead atoms. The summed E-state index contributed by atoms with van der Waals surface area (Å²) < 4.78 is 6.58. The molecule has 1 atom stereocenters. The first-order chi connectivity index (χ1) is 7.34. The zero-order valence-electron chi connectivity index (χ0n) is 8.58. The van der Waals surface area contributed by atoms with Gasteiger partial charge >= 0.3 is 0 Å². The number of aromatic nitrogens is 1. The van der Waals surface area contributed by atoms with E-state index in [0.29, 0.717) is 18.5 Å². The van der Waals surface area contributed by atoms with Crippen molar-refractivity contribution in [3.63, 3.8) is 0 Å². The highest BCUT2D eigenvalue weighted by Crippen LogP contribution is 2.13. The van der Waals surface area contributed by atoms with Gasteiger partial charge in [0.05, 0.1) is 0 Å². The zero-order valence-corrected chi connectivity index (χ0v) is 10.2. The van der Waals surface area contributed by atoms with Gasteiger partial charge in [-0.15, -0.1) is 0 Å². The number of nitrogens with one attached hydrogen (secondary N) is 1. The topological polar surface area (TPSA) is 34.1 Å². The van der Waals surface area contributed by atoms with E-state index in [9.17, 15) is 0 Å². The second-order valence-corrected chi connectivity index (χ2v) is 4.69. The smallest absolute Gasteiger partial charge is 0.213 e. The number of piperidine rings is 1. The van der Waals surface area contributed by atoms with Gasteiger partial charge in [-0.3, -0.25) is 0 Å². The second-order valence-electron chi connectivity index (χ2n) is 3.77. The van der Waals surface area contributed by atoms with Crippen LogP contribution in [-0.4, -0.2) is 24.2 Å². The van der Waals surface area contributed by atoms with Crippen molar-refractivity contribution in [2.45, 2.75) is 25.3 Å². The first kappa shape index (κ1) is 10.9. The van der Waals surface area contributed by atoms with Crippen molar-refractivity contribution in [3.8, 4) is 5.88 Å². The summed E-state index contributed by atoms with van der Waals surface area (Å²) in [4.78, 5) is 4.17. The molecule has 15 heavy (non-hydrogen) atoms. The van der Waals surface area contributed by atoms with Crippen LogP contribution in [0.5, 0.6) is 5.88 Å². The van der Waals surface area contributed by atoms with E-state index >= 15 is 0 Å². The van der Waals surface area contributed by atoms with Crippen LogP contribution in [0.1, 0.15) is 19.3 Å². The molecule has 0 spiro atoms. The number of hydrogen-bond donors (Lipinski definition) is 1. The van der Waals surface area contributed by atoms with Gasteiger partial charge in [0.25, 0.3) is 0 Å². The maximum Gasteiger partial charge on any atom is 0.213 e. The Morgan fingerprint density at radius 3 is 3.07 bits per heavy atom. The van der Waals surface area contributed by atoms with Crippen LogP contribution in [0.2, 0.25) is 0 Å². The van der Waals surface area contributed by atoms with Gasteiger partial charge < -0.3 is 10.1 Å². The molecule has 0 unspecified atom stereocenters. The van der Waals surface area contributed by atoms with Crippen molar-refractivity contribution in [2.75, 3.05) is 13.2 Å². The van der Waals surface area contributed by atoms with Gasteiger partial charge in [-0.05, 0) is 41.4 Å². The number of ether oxygens (including phenoxy) is 1. The minimum atomic E-state index is 0.490. The van der Waals surface area contributed by atoms with E-state index in [0.717, 1.165) is 11.0 Å². The highest BCUT2D eigenvalue weighted by Gasteiger charge is 2.12. The Kier molecular flexibility index (Phi) is 3.97. The summed E-state index contributed by atoms with van der Waals surface area (Å²) in [5.74, 6) is 0.700. The van der Waals surface area contributed by atoms with Crippen LogP contribution in [0.4, 0.5) is 0 Å². The molecule has 0 aliphatic carbocycles. The standard InChI is InChI=1S/C11H15BrN2O/c12-9-4-5-11(14-7-9)15-8-10-3-1-2-6-13-10/h4-5,7,10,13H,1-3,6,8H2/t10-/m0/s1. The van der Waals surface area contributed by atoms with Crippen molar-refractivity contribution >= 4 is 15.9 Å². The molecule has 1 fully saturated rings. The summed E-state index contributed by atoms with van der Waals surface area (Å²) in [6, 6.07) is 4.31. The van der Waals surface area contributed by atoms with Gasteiger partial charge in [0, 0.05) is 22.8 Å². The van der Waals surface area contributed by atoms with Crippen molar-refractivity contribution in [3.05, 3.63) is 22.8 Å². The van der Waals surface area contributed by atoms with Gasteiger partial charge in [0.1, 0.15) is 6.61 Å². The highest BCUT2D eigenvalue weighted by atomic mass is 79.9. The monoisotopic (exact) mass is 270 g/mol. The fourth-order valence-electron chi connectivity index (χ4n) is 1.70. The number of rotatable bonds is 3. The van der Waals surface area contributed by atoms with Crippen LogP contribution in [0.3, 0.4) is 0 Å². The first-order valence-corrected chi connectivity index (χ1v) is 6.11. The lowest BCUT2D eigenvalue weighted by molar-refractivity contribution is 0.232. The molecule has 1 aliphatic heterocycles. The van der Waals surface area contributed by atoms with Crippen molar-refractivity contribution < 1.29 is 4.74 Å². The second kappa shape index (κ2) is 5.47. The minimum Gasteiger partial charge on any atom is -0.476 e. The third-order valence-corrected chi connectivity index (χ3v) is 3.01. The summed E-state index contributed by atoms with van der Waals surface area (Å²) in [6.07, 6.45) is 5.54. The molecule has 1 N–H and O–H groups in total. The van der Waals surface area contributed by atoms with Crippen LogP contribution in [0, 0.1) is 0 Å². The maximum atomic E-state index is 5.61. The molecule has 0 amide bonds. The molecule has 1 aromatic heterocycles. The zero-order chi connectivity index (χ0) is 10.5. The predicted octanol–water partition coefficient (Wildman–Crippen LogP) is 2.36. The molecular weight excluding hydrogens is 256 g/mol. The molecule has 1 saturated heterocycles. The summed E-state index contributed by atoms with van der Waals surface area (Å²) in [6.45, 7) is 1.83. The average molecular weight is 271 g/mol. The lowest BCUT2D eigenvalue weighted by Gasteiger charge is -2.23. The predicted molar refractivity (Wildman–Crippen MR) is 63.1 cm³/mol. The molecule has 0 aromatic carbocycles. The number of hydrogen-bond acceptors (Lipinski definition) is 3. The molecule has 2 rings (SSSR count). The number of pyridine rings is 1. The van der Waals surface area contributed by atoms with E-state index in [-0.39, 0.29) is 0 Å². The quantitative estimate of drug-likeness (QED) is 0.916. The largest absolute Gasteiger partial charge is 0.476 e. The Labute approximate surface area is 98.4 Å². The molecule has 1 aliphatic rings. The Morgan fingerprint density at radius 2 is 2.40 bits per heavy atom. The Bertz CT molecular complexity index is 296. The normalized spacial score (nSPS) is 21.3. The molecule has 0 radical (unpaired) electrons. The molecule has 4 heteroatoms. The van der Waals surface area contributed by atoms with E-state index in [1.165, 1.54) is 19.3 Å². The van der Waals surface area contributed by atoms with Gasteiger partial charge in [-0.1, -0.05) is 6.42 Å². The van der Waals surface area contributed by atoms with E-state index in [1.54, 1.807) is 6.20 Å². The van der Waals surface area contributed by atoms with Gasteiger partial charge in [0.15, 0.2) is 0 Å². The first-order valence-electron chi connectivity index (χ1n) is 5.32. The van der Waals surface area contributed by atoms with Crippen molar-refractivity contribution in [1.82, 2.24) is 10.3 Å². The fraction of sp³-hybridized carbons (Fsp3) is 0.545. The molecule has 2 heterocycles. The van der Waals surface area contributed by atoms with Gasteiger partial charge in [0.2, 0.25) is 5.88 Å². The van der Waals surface area contributed by atoms with E-state index in [4.69, 9.17) is 4.74 Å². The van der Waals surface area contributed by atoms with Crippen molar-refractivity contribution in [1.29, 1.82) is 0 Å². The molecular formula is C11H15BrN2O. The van der Waals surface area contributed by atoms with Crippen molar-refractivity contribution in [2.24, 2.45) is 0 Å². The van der Waals surface area contributed by atoms with Crippen LogP contribution >= 0.6 is 15.9 Å². The maximum absolute atomic E-state index is 5.61. The molecule has 0 saturated carbocycles. The minimum absolute atomic E-state index is 0.490. The molecule has 82 valence electrons. The Balaban J connectivity index is 1.79. The SMILES string of the molecule is Brc1ccc(OC[C@@H]2CCCCN2)nc1. The number of halogens is 1. The number of nitrogens with zero attached hydrogens (tertiary/aromatic N) is 1. The molecule has 1 aromatic rings. The summed E-state index contributed by atoms with van der Waals surface area (Å²) in [7, 11) is 0. The van der Waals surface area contributed by atoms with Gasteiger partial charge in [-0.25, -0.2) is 4.98 Å². The third kappa shape index (κ3) is 3.47. The van der Waals surface area contributed by atoms with Gasteiger partial charge in [-0.2, -0.15) is 0 Å². The van der Waals surface area contributed by atoms with E-state index < -0.39 is 0 Å². The Morgan fingerprint density at radius 1 is 1.47 bits per heavy atom. The third-order valence-electron chi connectivity index (χ3n) is 2.55. The Hall–Kier alpha value is -0.610. The highest BCUT2D eigenvalue weighted by molar-refractivity contribution is 9.10. The van der Waals surface area contributed by atoms with Crippen LogP contribution in [0.25, 0.3) is 0 Å². The van der Waals surface area contributed by atoms with E-state index in [1.807, 2.05) is 12.1 Å². The van der Waals surface area contributed by atoms with E-state index in [2.05, 4.69) is 26.2 Å². The molecule has 3 nitrogen and oxygen atoms in total. The van der Waals surface area contributed by atoms with Crippen LogP contribution < -0.4 is 10.1 Å². The average Bonchev–Trinajstić information content (AvgIpc) is 2.30. The fourth-order valence-corrected chi connectivity index (χ4v) is 1.93. The van der Waals surface area contributed by atoms with Crippen LogP contribution in [0.15, 0.2) is 22.8 Å². The van der Waals surface area contributed by atoms with Crippen LogP contribution in [-0.2, 0) is 0 Å². The lowest BCUT2D eigenvalue weighted by atomic mass is 10.1. The summed E-state index contributed by atoms with van der Waals surface area (Å²) in [5.41, 5.74) is 0. The lowest BCUT2D eigenvalue weighted by Crippen LogP contribution is -2.38. The summed E-state index contributed by atoms with van der Waals surface area (Å²) in [5, 5.41) is 3.44. The summed E-state index contributed by atoms with van der Waals surface area (Å²) >= 11 is 3.34.